The molecule has 22 heavy (non-hydrogen) atoms. The van der Waals surface area contributed by atoms with Crippen molar-refractivity contribution in [3.8, 4) is 10.4 Å². The highest BCUT2D eigenvalue weighted by molar-refractivity contribution is 7.16. The van der Waals surface area contributed by atoms with Crippen LogP contribution in [0.4, 0.5) is 8.78 Å². The van der Waals surface area contributed by atoms with Crippen LogP contribution in [0.5, 0.6) is 0 Å². The summed E-state index contributed by atoms with van der Waals surface area (Å²) in [6, 6.07) is 7.59. The summed E-state index contributed by atoms with van der Waals surface area (Å²) in [5, 5.41) is 9.57. The number of carboxylic acids is 1. The van der Waals surface area contributed by atoms with Crippen molar-refractivity contribution >= 4 is 25.2 Å². The van der Waals surface area contributed by atoms with Crippen molar-refractivity contribution in [2.75, 3.05) is 0 Å². The molecule has 1 N–H and O–H groups in total. The fourth-order valence-electron chi connectivity index (χ4n) is 3.01. The molecule has 0 spiro atoms. The molecule has 3 rings (SSSR count). The Kier molecular flexibility index (Phi) is 3.81. The van der Waals surface area contributed by atoms with Crippen molar-refractivity contribution in [1.82, 2.24) is 0 Å². The van der Waals surface area contributed by atoms with Gasteiger partial charge in [-0.1, -0.05) is 30.6 Å². The van der Waals surface area contributed by atoms with Gasteiger partial charge in [0.25, 0.3) is 5.92 Å². The third-order valence-electron chi connectivity index (χ3n) is 4.10. The molecule has 0 amide bonds. The number of halogens is 2. The van der Waals surface area contributed by atoms with Crippen LogP contribution in [0.25, 0.3) is 10.4 Å². The minimum absolute atomic E-state index is 0.0697. The fraction of sp³-hybridized carbons (Fsp3) is 0.312. The van der Waals surface area contributed by atoms with Crippen LogP contribution in [0.1, 0.15) is 32.8 Å². The van der Waals surface area contributed by atoms with Gasteiger partial charge in [0.05, 0.1) is 5.56 Å². The van der Waals surface area contributed by atoms with Crippen LogP contribution < -0.4 is 0 Å². The third kappa shape index (κ3) is 2.56. The van der Waals surface area contributed by atoms with E-state index in [9.17, 15) is 18.7 Å². The lowest BCUT2D eigenvalue weighted by Gasteiger charge is -2.21. The maximum Gasteiger partial charge on any atom is 0.337 e. The first kappa shape index (κ1) is 15.2. The molecule has 0 bridgehead atoms. The van der Waals surface area contributed by atoms with E-state index in [4.69, 9.17) is 0 Å². The highest BCUT2D eigenvalue weighted by Gasteiger charge is 2.39. The van der Waals surface area contributed by atoms with Crippen LogP contribution in [0, 0.1) is 0 Å². The molecule has 0 radical (unpaired) electrons. The lowest BCUT2D eigenvalue weighted by molar-refractivity contribution is -0.0118. The Balaban J connectivity index is 2.21. The Bertz CT molecular complexity index is 740. The molecule has 0 saturated heterocycles. The van der Waals surface area contributed by atoms with E-state index >= 15 is 0 Å². The zero-order valence-corrected chi connectivity index (χ0v) is 13.0. The average Bonchev–Trinajstić information content (AvgIpc) is 2.84. The topological polar surface area (TPSA) is 37.3 Å². The van der Waals surface area contributed by atoms with Crippen LogP contribution in [0.2, 0.25) is 0 Å². The quantitative estimate of drug-likeness (QED) is 0.881. The van der Waals surface area contributed by atoms with Gasteiger partial charge in [-0.05, 0) is 23.1 Å². The van der Waals surface area contributed by atoms with Crippen LogP contribution >= 0.6 is 11.3 Å². The first-order valence-corrected chi connectivity index (χ1v) is 8.08. The van der Waals surface area contributed by atoms with Crippen LogP contribution in [-0.4, -0.2) is 24.8 Å². The number of hydrogen-bond acceptors (Lipinski definition) is 2. The largest absolute Gasteiger partial charge is 0.478 e. The molecular formula is C16H15BF2O2S. The SMILES string of the molecule is BCc1ccccc1-c1sc2c(c1C(=O)O)CC(F)(F)CC2. The predicted molar refractivity (Wildman–Crippen MR) is 85.9 cm³/mol. The molecule has 6 heteroatoms. The van der Waals surface area contributed by atoms with Gasteiger partial charge in [-0.3, -0.25) is 0 Å². The predicted octanol–water partition coefficient (Wildman–Crippen LogP) is 3.37. The average molecular weight is 320 g/mol. The first-order chi connectivity index (χ1) is 10.4. The second kappa shape index (κ2) is 5.50. The molecule has 0 unspecified atom stereocenters. The second-order valence-electron chi connectivity index (χ2n) is 5.56. The van der Waals surface area contributed by atoms with Crippen molar-refractivity contribution in [3.05, 3.63) is 45.8 Å². The van der Waals surface area contributed by atoms with Gasteiger partial charge >= 0.3 is 5.97 Å². The molecule has 1 aliphatic rings. The maximum absolute atomic E-state index is 13.7. The van der Waals surface area contributed by atoms with Gasteiger partial charge in [0, 0.05) is 22.6 Å². The Morgan fingerprint density at radius 1 is 1.36 bits per heavy atom. The van der Waals surface area contributed by atoms with E-state index < -0.39 is 18.3 Å². The smallest absolute Gasteiger partial charge is 0.337 e. The van der Waals surface area contributed by atoms with Crippen molar-refractivity contribution in [2.24, 2.45) is 0 Å². The van der Waals surface area contributed by atoms with E-state index in [1.165, 1.54) is 11.3 Å². The molecule has 0 fully saturated rings. The summed E-state index contributed by atoms with van der Waals surface area (Å²) in [5.74, 6) is -3.92. The summed E-state index contributed by atoms with van der Waals surface area (Å²) >= 11 is 1.36. The maximum atomic E-state index is 13.7. The Hall–Kier alpha value is -1.69. The summed E-state index contributed by atoms with van der Waals surface area (Å²) in [6.45, 7) is 0. The highest BCUT2D eigenvalue weighted by atomic mass is 32.1. The van der Waals surface area contributed by atoms with Crippen LogP contribution in [0.3, 0.4) is 0 Å². The number of hydrogen-bond donors (Lipinski definition) is 1. The Morgan fingerprint density at radius 2 is 2.09 bits per heavy atom. The van der Waals surface area contributed by atoms with Crippen molar-refractivity contribution in [1.29, 1.82) is 0 Å². The van der Waals surface area contributed by atoms with Gasteiger partial charge in [0.15, 0.2) is 0 Å². The summed E-state index contributed by atoms with van der Waals surface area (Å²) in [5.41, 5.74) is 2.29. The lowest BCUT2D eigenvalue weighted by atomic mass is 9.88. The summed E-state index contributed by atoms with van der Waals surface area (Å²) < 4.78 is 27.4. The fourth-order valence-corrected chi connectivity index (χ4v) is 4.38. The zero-order chi connectivity index (χ0) is 15.9. The van der Waals surface area contributed by atoms with Crippen molar-refractivity contribution in [3.63, 3.8) is 0 Å². The zero-order valence-electron chi connectivity index (χ0n) is 12.2. The molecular weight excluding hydrogens is 305 g/mol. The van der Waals surface area contributed by atoms with Gasteiger partial charge in [0.2, 0.25) is 0 Å². The highest BCUT2D eigenvalue weighted by Crippen LogP contribution is 2.44. The first-order valence-electron chi connectivity index (χ1n) is 7.27. The number of thiophene rings is 1. The minimum Gasteiger partial charge on any atom is -0.478 e. The van der Waals surface area contributed by atoms with Gasteiger partial charge < -0.3 is 5.11 Å². The Morgan fingerprint density at radius 3 is 2.77 bits per heavy atom. The molecule has 1 heterocycles. The molecule has 2 aromatic rings. The standard InChI is InChI=1S/C16H15BF2O2S/c17-8-9-3-1-2-4-10(9)14-13(15(20)21)11-7-16(18,19)6-5-12(11)22-14/h1-4H,5-8,17H2,(H,20,21). The number of fused-ring (bicyclic) bond motifs is 1. The number of aromatic carboxylic acids is 1. The molecule has 0 aliphatic heterocycles. The number of carboxylic acid groups (broad SMARTS) is 1. The van der Waals surface area contributed by atoms with E-state index in [2.05, 4.69) is 0 Å². The van der Waals surface area contributed by atoms with Gasteiger partial charge in [-0.15, -0.1) is 11.3 Å². The third-order valence-corrected chi connectivity index (χ3v) is 5.43. The molecule has 2 nitrogen and oxygen atoms in total. The normalized spacial score (nSPS) is 16.3. The molecule has 1 aromatic heterocycles. The van der Waals surface area contributed by atoms with Crippen molar-refractivity contribution in [2.45, 2.75) is 31.5 Å². The second-order valence-corrected chi connectivity index (χ2v) is 6.66. The van der Waals surface area contributed by atoms with Crippen LogP contribution in [-0.2, 0) is 19.2 Å². The number of carbonyl (C=O) groups is 1. The molecule has 114 valence electrons. The summed E-state index contributed by atoms with van der Waals surface area (Å²) in [6.07, 6.45) is 0.360. The summed E-state index contributed by atoms with van der Waals surface area (Å²) in [7, 11) is 2.00. The van der Waals surface area contributed by atoms with Gasteiger partial charge in [-0.2, -0.15) is 0 Å². The molecule has 0 atom stereocenters. The minimum atomic E-state index is -2.81. The van der Waals surface area contributed by atoms with E-state index in [0.717, 1.165) is 22.3 Å². The van der Waals surface area contributed by atoms with Gasteiger partial charge in [0.1, 0.15) is 7.85 Å². The molecule has 0 saturated carbocycles. The van der Waals surface area contributed by atoms with Crippen molar-refractivity contribution < 1.29 is 18.7 Å². The number of rotatable bonds is 3. The molecule has 1 aromatic carbocycles. The van der Waals surface area contributed by atoms with Crippen LogP contribution in [0.15, 0.2) is 24.3 Å². The lowest BCUT2D eigenvalue weighted by Crippen LogP contribution is -2.26. The summed E-state index contributed by atoms with van der Waals surface area (Å²) in [4.78, 5) is 13.1. The number of aryl methyl sites for hydroxylation is 1. The number of alkyl halides is 2. The van der Waals surface area contributed by atoms with E-state index in [0.29, 0.717) is 10.4 Å². The molecule has 1 aliphatic carbocycles. The van der Waals surface area contributed by atoms with E-state index in [1.807, 2.05) is 32.1 Å². The Labute approximate surface area is 132 Å². The number of benzene rings is 1. The van der Waals surface area contributed by atoms with E-state index in [1.54, 1.807) is 0 Å². The van der Waals surface area contributed by atoms with Gasteiger partial charge in [-0.25, -0.2) is 13.6 Å². The van der Waals surface area contributed by atoms with E-state index in [-0.39, 0.29) is 18.4 Å². The monoisotopic (exact) mass is 320 g/mol.